The fourth-order valence-corrected chi connectivity index (χ4v) is 4.33. The maximum Gasteiger partial charge on any atom is 0.252 e. The van der Waals surface area contributed by atoms with Crippen molar-refractivity contribution in [2.75, 3.05) is 0 Å². The number of sulfonamides is 1. The van der Waals surface area contributed by atoms with Crippen LogP contribution in [0, 0.1) is 0 Å². The molecule has 1 fully saturated rings. The zero-order valence-electron chi connectivity index (χ0n) is 14.0. The molecule has 5 nitrogen and oxygen atoms in total. The van der Waals surface area contributed by atoms with Gasteiger partial charge in [0.25, 0.3) is 5.91 Å². The summed E-state index contributed by atoms with van der Waals surface area (Å²) in [6.07, 6.45) is 1.70. The van der Waals surface area contributed by atoms with E-state index in [0.29, 0.717) is 9.50 Å². The van der Waals surface area contributed by atoms with Crippen molar-refractivity contribution in [3.8, 4) is 0 Å². The van der Waals surface area contributed by atoms with Gasteiger partial charge < -0.3 is 5.32 Å². The summed E-state index contributed by atoms with van der Waals surface area (Å²) < 4.78 is 27.9. The first-order valence-corrected chi connectivity index (χ1v) is 10.8. The van der Waals surface area contributed by atoms with Gasteiger partial charge in [0.2, 0.25) is 10.0 Å². The molecule has 1 aliphatic rings. The molecule has 0 saturated heterocycles. The Labute approximate surface area is 166 Å². The highest BCUT2D eigenvalue weighted by molar-refractivity contribution is 9.10. The van der Waals surface area contributed by atoms with Crippen LogP contribution in [0.15, 0.2) is 51.8 Å². The fraction of sp³-hybridized carbons (Fsp3) is 0.278. The van der Waals surface area contributed by atoms with Gasteiger partial charge in [0.1, 0.15) is 0 Å². The minimum Gasteiger partial charge on any atom is -0.345 e. The molecule has 1 saturated carbocycles. The lowest BCUT2D eigenvalue weighted by molar-refractivity contribution is 0.0939. The van der Waals surface area contributed by atoms with E-state index in [9.17, 15) is 13.2 Å². The molecule has 1 atom stereocenters. The van der Waals surface area contributed by atoms with Crippen LogP contribution in [0.2, 0.25) is 5.02 Å². The summed E-state index contributed by atoms with van der Waals surface area (Å²) in [7, 11) is -3.62. The summed E-state index contributed by atoms with van der Waals surface area (Å²) in [5.74, 6) is -0.359. The van der Waals surface area contributed by atoms with Crippen LogP contribution in [0.1, 0.15) is 41.7 Å². The molecule has 8 heteroatoms. The van der Waals surface area contributed by atoms with Gasteiger partial charge in [-0.15, -0.1) is 0 Å². The summed E-state index contributed by atoms with van der Waals surface area (Å²) in [6, 6.07) is 11.4. The minimum absolute atomic E-state index is 0.00542. The number of rotatable bonds is 6. The molecule has 1 aliphatic carbocycles. The van der Waals surface area contributed by atoms with Gasteiger partial charge in [0.05, 0.1) is 16.5 Å². The Bertz CT molecular complexity index is 928. The van der Waals surface area contributed by atoms with E-state index in [1.165, 1.54) is 12.1 Å². The van der Waals surface area contributed by atoms with Crippen molar-refractivity contribution >= 4 is 43.5 Å². The molecule has 0 heterocycles. The lowest BCUT2D eigenvalue weighted by Crippen LogP contribution is -2.28. The van der Waals surface area contributed by atoms with Crippen LogP contribution in [0.25, 0.3) is 0 Å². The molecule has 2 N–H and O–H groups in total. The second-order valence-corrected chi connectivity index (χ2v) is 9.29. The van der Waals surface area contributed by atoms with Gasteiger partial charge >= 0.3 is 0 Å². The number of benzene rings is 2. The highest BCUT2D eigenvalue weighted by Crippen LogP contribution is 2.25. The highest BCUT2D eigenvalue weighted by Gasteiger charge is 2.28. The minimum atomic E-state index is -3.62. The van der Waals surface area contributed by atoms with E-state index in [-0.39, 0.29) is 28.4 Å². The monoisotopic (exact) mass is 456 g/mol. The van der Waals surface area contributed by atoms with Crippen LogP contribution in [-0.2, 0) is 10.0 Å². The van der Waals surface area contributed by atoms with Gasteiger partial charge in [-0.1, -0.05) is 23.7 Å². The Morgan fingerprint density at radius 2 is 1.85 bits per heavy atom. The second-order valence-electron chi connectivity index (χ2n) is 6.28. The Balaban J connectivity index is 1.80. The van der Waals surface area contributed by atoms with Gasteiger partial charge in [-0.3, -0.25) is 4.79 Å². The van der Waals surface area contributed by atoms with Gasteiger partial charge in [-0.25, -0.2) is 13.1 Å². The van der Waals surface area contributed by atoms with Gasteiger partial charge in [0.15, 0.2) is 0 Å². The predicted molar refractivity (Wildman–Crippen MR) is 105 cm³/mol. The third-order valence-corrected chi connectivity index (χ3v) is 6.57. The molecule has 2 aromatic rings. The van der Waals surface area contributed by atoms with Crippen LogP contribution in [0.4, 0.5) is 0 Å². The Morgan fingerprint density at radius 1 is 1.19 bits per heavy atom. The number of hydrogen-bond acceptors (Lipinski definition) is 3. The average Bonchev–Trinajstić information content (AvgIpc) is 3.38. The zero-order chi connectivity index (χ0) is 18.9. The van der Waals surface area contributed by atoms with E-state index in [1.807, 2.05) is 19.1 Å². The Morgan fingerprint density at radius 3 is 2.46 bits per heavy atom. The maximum atomic E-state index is 12.6. The Kier molecular flexibility index (Phi) is 5.72. The third kappa shape index (κ3) is 4.65. The Hall–Kier alpha value is -1.41. The van der Waals surface area contributed by atoms with E-state index in [2.05, 4.69) is 26.0 Å². The van der Waals surface area contributed by atoms with Crippen molar-refractivity contribution in [1.29, 1.82) is 0 Å². The van der Waals surface area contributed by atoms with Gasteiger partial charge in [-0.2, -0.15) is 0 Å². The first kappa shape index (κ1) is 19.4. The lowest BCUT2D eigenvalue weighted by atomic mass is 10.1. The normalized spacial score (nSPS) is 15.5. The predicted octanol–water partition coefficient (Wildman–Crippen LogP) is 4.03. The number of halogens is 2. The van der Waals surface area contributed by atoms with Crippen molar-refractivity contribution in [3.63, 3.8) is 0 Å². The van der Waals surface area contributed by atoms with E-state index < -0.39 is 10.0 Å². The molecule has 0 radical (unpaired) electrons. The number of amides is 1. The van der Waals surface area contributed by atoms with Crippen molar-refractivity contribution in [2.45, 2.75) is 36.7 Å². The SMILES string of the molecule is CC(NC(=O)c1cc(S(=O)(=O)NC2CC2)ccc1Br)c1ccc(Cl)cc1. The second kappa shape index (κ2) is 7.68. The van der Waals surface area contributed by atoms with E-state index in [0.717, 1.165) is 18.4 Å². The van der Waals surface area contributed by atoms with Crippen LogP contribution >= 0.6 is 27.5 Å². The van der Waals surface area contributed by atoms with Crippen molar-refractivity contribution in [3.05, 3.63) is 63.1 Å². The summed E-state index contributed by atoms with van der Waals surface area (Å²) in [6.45, 7) is 1.85. The van der Waals surface area contributed by atoms with Crippen LogP contribution in [0.5, 0.6) is 0 Å². The smallest absolute Gasteiger partial charge is 0.252 e. The number of nitrogens with one attached hydrogen (secondary N) is 2. The molecule has 0 aromatic heterocycles. The van der Waals surface area contributed by atoms with Crippen molar-refractivity contribution in [2.24, 2.45) is 0 Å². The summed E-state index contributed by atoms with van der Waals surface area (Å²) in [5.41, 5.74) is 1.17. The van der Waals surface area contributed by atoms with Crippen LogP contribution in [0.3, 0.4) is 0 Å². The first-order valence-electron chi connectivity index (χ1n) is 8.14. The van der Waals surface area contributed by atoms with Crippen LogP contribution < -0.4 is 10.0 Å². The van der Waals surface area contributed by atoms with Crippen LogP contribution in [-0.4, -0.2) is 20.4 Å². The fourth-order valence-electron chi connectivity index (χ4n) is 2.44. The van der Waals surface area contributed by atoms with E-state index >= 15 is 0 Å². The molecule has 3 rings (SSSR count). The molecular weight excluding hydrogens is 440 g/mol. The molecule has 1 amide bonds. The molecular formula is C18H18BrClN2O3S. The van der Waals surface area contributed by atoms with E-state index in [1.54, 1.807) is 18.2 Å². The van der Waals surface area contributed by atoms with Gasteiger partial charge in [0, 0.05) is 15.5 Å². The topological polar surface area (TPSA) is 75.3 Å². The van der Waals surface area contributed by atoms with Crippen molar-refractivity contribution in [1.82, 2.24) is 10.0 Å². The molecule has 26 heavy (non-hydrogen) atoms. The highest BCUT2D eigenvalue weighted by atomic mass is 79.9. The average molecular weight is 458 g/mol. The maximum absolute atomic E-state index is 12.6. The first-order chi connectivity index (χ1) is 12.3. The summed E-state index contributed by atoms with van der Waals surface area (Å²) in [5, 5.41) is 3.50. The van der Waals surface area contributed by atoms with Crippen molar-refractivity contribution < 1.29 is 13.2 Å². The van der Waals surface area contributed by atoms with E-state index in [4.69, 9.17) is 11.6 Å². The molecule has 0 aliphatic heterocycles. The summed E-state index contributed by atoms with van der Waals surface area (Å²) >= 11 is 9.21. The quantitative estimate of drug-likeness (QED) is 0.687. The molecule has 2 aromatic carbocycles. The molecule has 0 bridgehead atoms. The molecule has 138 valence electrons. The third-order valence-electron chi connectivity index (χ3n) is 4.11. The van der Waals surface area contributed by atoms with Gasteiger partial charge in [-0.05, 0) is 71.6 Å². The lowest BCUT2D eigenvalue weighted by Gasteiger charge is -2.16. The largest absolute Gasteiger partial charge is 0.345 e. The summed E-state index contributed by atoms with van der Waals surface area (Å²) in [4.78, 5) is 12.7. The molecule has 0 spiro atoms. The number of hydrogen-bond donors (Lipinski definition) is 2. The standard InChI is InChI=1S/C18H18BrClN2O3S/c1-11(12-2-4-13(20)5-3-12)21-18(23)16-10-15(8-9-17(16)19)26(24,25)22-14-6-7-14/h2-5,8-11,14,22H,6-7H2,1H3,(H,21,23). The number of carbonyl (C=O) groups is 1. The molecule has 1 unspecified atom stereocenters. The number of carbonyl (C=O) groups excluding carboxylic acids is 1. The zero-order valence-corrected chi connectivity index (χ0v) is 17.2.